The van der Waals surface area contributed by atoms with E-state index < -0.39 is 24.1 Å². The fourth-order valence-corrected chi connectivity index (χ4v) is 2.77. The van der Waals surface area contributed by atoms with E-state index in [4.69, 9.17) is 25.4 Å². The smallest absolute Gasteiger partial charge is 0.399 e. The highest BCUT2D eigenvalue weighted by atomic mass is 35.5. The Kier molecular flexibility index (Phi) is 3.82. The standard InChI is InChI=1S/C16H18BClFNO3/c1-9-13(17-22-15(2,3)16(4,5)23-17)14(20-21-9)12-10(18)7-6-8-11(12)19/h6-8H,1-5H3. The van der Waals surface area contributed by atoms with Crippen molar-refractivity contribution in [1.82, 2.24) is 5.16 Å². The average molecular weight is 338 g/mol. The summed E-state index contributed by atoms with van der Waals surface area (Å²) in [6, 6.07) is 4.49. The van der Waals surface area contributed by atoms with Gasteiger partial charge in [-0.25, -0.2) is 4.39 Å². The highest BCUT2D eigenvalue weighted by Gasteiger charge is 2.53. The van der Waals surface area contributed by atoms with Crippen LogP contribution < -0.4 is 5.46 Å². The largest absolute Gasteiger partial charge is 0.500 e. The zero-order valence-corrected chi connectivity index (χ0v) is 14.5. The summed E-state index contributed by atoms with van der Waals surface area (Å²) < 4.78 is 31.6. The SMILES string of the molecule is Cc1onc(-c2c(F)cccc2Cl)c1B1OC(C)(C)C(C)(C)O1. The third-order valence-corrected chi connectivity index (χ3v) is 4.91. The van der Waals surface area contributed by atoms with Crippen LogP contribution in [-0.2, 0) is 9.31 Å². The van der Waals surface area contributed by atoms with E-state index in [-0.39, 0.29) is 10.6 Å². The molecule has 2 aromatic rings. The molecule has 0 saturated carbocycles. The van der Waals surface area contributed by atoms with Gasteiger partial charge in [0.15, 0.2) is 0 Å². The topological polar surface area (TPSA) is 44.5 Å². The summed E-state index contributed by atoms with van der Waals surface area (Å²) in [5, 5.41) is 4.25. The van der Waals surface area contributed by atoms with Crippen LogP contribution in [0.5, 0.6) is 0 Å². The number of benzene rings is 1. The van der Waals surface area contributed by atoms with Gasteiger partial charge >= 0.3 is 7.12 Å². The first-order valence-electron chi connectivity index (χ1n) is 7.40. The van der Waals surface area contributed by atoms with Crippen LogP contribution in [0.15, 0.2) is 22.7 Å². The molecule has 0 unspecified atom stereocenters. The van der Waals surface area contributed by atoms with E-state index in [0.29, 0.717) is 16.9 Å². The molecule has 0 bridgehead atoms. The van der Waals surface area contributed by atoms with E-state index >= 15 is 0 Å². The van der Waals surface area contributed by atoms with E-state index in [9.17, 15) is 4.39 Å². The van der Waals surface area contributed by atoms with Crippen LogP contribution >= 0.6 is 11.6 Å². The third kappa shape index (κ3) is 2.59. The van der Waals surface area contributed by atoms with Crippen molar-refractivity contribution < 1.29 is 18.2 Å². The van der Waals surface area contributed by atoms with Crippen LogP contribution in [0.25, 0.3) is 11.3 Å². The first kappa shape index (κ1) is 16.5. The molecule has 0 N–H and O–H groups in total. The number of rotatable bonds is 2. The fourth-order valence-electron chi connectivity index (χ4n) is 2.52. The quantitative estimate of drug-likeness (QED) is 0.783. The molecule has 7 heteroatoms. The number of hydrogen-bond acceptors (Lipinski definition) is 4. The van der Waals surface area contributed by atoms with Crippen LogP contribution in [-0.4, -0.2) is 23.5 Å². The minimum absolute atomic E-state index is 0.190. The predicted octanol–water partition coefficient (Wildman–Crippen LogP) is 3.74. The fraction of sp³-hybridized carbons (Fsp3) is 0.438. The Morgan fingerprint density at radius 1 is 1.13 bits per heavy atom. The van der Waals surface area contributed by atoms with Crippen molar-refractivity contribution in [3.8, 4) is 11.3 Å². The first-order valence-corrected chi connectivity index (χ1v) is 7.78. The maximum Gasteiger partial charge on any atom is 0.500 e. The van der Waals surface area contributed by atoms with Gasteiger partial charge in [-0.15, -0.1) is 0 Å². The Balaban J connectivity index is 2.12. The molecule has 2 heterocycles. The summed E-state index contributed by atoms with van der Waals surface area (Å²) in [4.78, 5) is 0. The zero-order chi connectivity index (χ0) is 17.0. The molecule has 1 aromatic carbocycles. The highest BCUT2D eigenvalue weighted by Crippen LogP contribution is 2.38. The lowest BCUT2D eigenvalue weighted by molar-refractivity contribution is 0.00578. The molecule has 3 rings (SSSR count). The number of aromatic nitrogens is 1. The van der Waals surface area contributed by atoms with Crippen LogP contribution in [0.3, 0.4) is 0 Å². The summed E-state index contributed by atoms with van der Waals surface area (Å²) in [7, 11) is -0.697. The van der Waals surface area contributed by atoms with Gasteiger partial charge in [-0.3, -0.25) is 0 Å². The van der Waals surface area contributed by atoms with E-state index in [1.54, 1.807) is 19.1 Å². The van der Waals surface area contributed by atoms with E-state index in [1.807, 2.05) is 27.7 Å². The van der Waals surface area contributed by atoms with Crippen LogP contribution in [0.4, 0.5) is 4.39 Å². The lowest BCUT2D eigenvalue weighted by atomic mass is 9.76. The number of halogens is 2. The number of hydrogen-bond donors (Lipinski definition) is 0. The third-order valence-electron chi connectivity index (χ3n) is 4.60. The van der Waals surface area contributed by atoms with E-state index in [2.05, 4.69) is 5.16 Å². The molecule has 122 valence electrons. The molecule has 1 fully saturated rings. The molecule has 0 amide bonds. The number of nitrogens with zero attached hydrogens (tertiary/aromatic N) is 1. The zero-order valence-electron chi connectivity index (χ0n) is 13.7. The summed E-state index contributed by atoms with van der Waals surface area (Å²) in [6.45, 7) is 9.54. The molecular formula is C16H18BClFNO3. The van der Waals surface area contributed by atoms with Crippen molar-refractivity contribution in [2.75, 3.05) is 0 Å². The summed E-state index contributed by atoms with van der Waals surface area (Å²) in [5.41, 5.74) is 0.0329. The van der Waals surface area contributed by atoms with Gasteiger partial charge in [0.05, 0.1) is 27.3 Å². The van der Waals surface area contributed by atoms with Gasteiger partial charge in [-0.05, 0) is 46.8 Å². The van der Waals surface area contributed by atoms with Gasteiger partial charge in [0, 0.05) is 0 Å². The molecule has 1 saturated heterocycles. The van der Waals surface area contributed by atoms with Gasteiger partial charge < -0.3 is 13.8 Å². The predicted molar refractivity (Wildman–Crippen MR) is 87.4 cm³/mol. The molecule has 23 heavy (non-hydrogen) atoms. The lowest BCUT2D eigenvalue weighted by Gasteiger charge is -2.32. The van der Waals surface area contributed by atoms with Gasteiger partial charge in [-0.2, -0.15) is 0 Å². The molecule has 0 spiro atoms. The molecule has 4 nitrogen and oxygen atoms in total. The Labute approximate surface area is 140 Å². The molecule has 1 aromatic heterocycles. The maximum absolute atomic E-state index is 14.3. The summed E-state index contributed by atoms with van der Waals surface area (Å²) in [5.74, 6) is 0.0430. The molecule has 0 atom stereocenters. The summed E-state index contributed by atoms with van der Waals surface area (Å²) >= 11 is 6.16. The second-order valence-corrected chi connectivity index (χ2v) is 7.09. The normalized spacial score (nSPS) is 19.3. The Bertz CT molecular complexity index is 724. The minimum Gasteiger partial charge on any atom is -0.399 e. The van der Waals surface area contributed by atoms with Crippen molar-refractivity contribution in [3.05, 3.63) is 34.8 Å². The molecular weight excluding hydrogens is 319 g/mol. The second kappa shape index (κ2) is 5.33. The average Bonchev–Trinajstić information content (AvgIpc) is 2.87. The second-order valence-electron chi connectivity index (χ2n) is 6.69. The van der Waals surface area contributed by atoms with Gasteiger partial charge in [0.25, 0.3) is 0 Å². The molecule has 1 aliphatic rings. The van der Waals surface area contributed by atoms with Gasteiger partial charge in [-0.1, -0.05) is 22.8 Å². The first-order chi connectivity index (χ1) is 10.6. The van der Waals surface area contributed by atoms with Crippen molar-refractivity contribution in [2.24, 2.45) is 0 Å². The van der Waals surface area contributed by atoms with E-state index in [0.717, 1.165) is 0 Å². The number of aryl methyl sites for hydroxylation is 1. The van der Waals surface area contributed by atoms with Gasteiger partial charge in [0.2, 0.25) is 0 Å². The van der Waals surface area contributed by atoms with Gasteiger partial charge in [0.1, 0.15) is 17.3 Å². The van der Waals surface area contributed by atoms with Crippen LogP contribution in [0, 0.1) is 12.7 Å². The van der Waals surface area contributed by atoms with Crippen LogP contribution in [0.2, 0.25) is 5.02 Å². The Hall–Kier alpha value is -1.37. The highest BCUT2D eigenvalue weighted by molar-refractivity contribution is 6.64. The Morgan fingerprint density at radius 3 is 2.30 bits per heavy atom. The van der Waals surface area contributed by atoms with Crippen molar-refractivity contribution >= 4 is 24.2 Å². The van der Waals surface area contributed by atoms with Crippen molar-refractivity contribution in [2.45, 2.75) is 45.8 Å². The Morgan fingerprint density at radius 2 is 1.74 bits per heavy atom. The lowest BCUT2D eigenvalue weighted by Crippen LogP contribution is -2.41. The monoisotopic (exact) mass is 337 g/mol. The minimum atomic E-state index is -0.697. The van der Waals surface area contributed by atoms with Crippen molar-refractivity contribution in [1.29, 1.82) is 0 Å². The molecule has 0 radical (unpaired) electrons. The molecule has 1 aliphatic heterocycles. The van der Waals surface area contributed by atoms with Crippen molar-refractivity contribution in [3.63, 3.8) is 0 Å². The summed E-state index contributed by atoms with van der Waals surface area (Å²) in [6.07, 6.45) is 0. The van der Waals surface area contributed by atoms with E-state index in [1.165, 1.54) is 6.07 Å². The maximum atomic E-state index is 14.3. The molecule has 0 aliphatic carbocycles. The van der Waals surface area contributed by atoms with Crippen LogP contribution in [0.1, 0.15) is 33.5 Å².